The zero-order chi connectivity index (χ0) is 27.6. The minimum absolute atomic E-state index is 0.163. The molecule has 2 aliphatic heterocycles. The summed E-state index contributed by atoms with van der Waals surface area (Å²) in [6.45, 7) is 7.77. The first-order chi connectivity index (χ1) is 18.8. The van der Waals surface area contributed by atoms with Gasteiger partial charge in [0, 0.05) is 41.7 Å². The van der Waals surface area contributed by atoms with Crippen molar-refractivity contribution in [1.82, 2.24) is 10.3 Å². The molecule has 0 spiro atoms. The van der Waals surface area contributed by atoms with E-state index in [0.29, 0.717) is 35.0 Å². The van der Waals surface area contributed by atoms with Gasteiger partial charge in [-0.2, -0.15) is 5.26 Å². The van der Waals surface area contributed by atoms with Gasteiger partial charge in [0.2, 0.25) is 5.91 Å². The lowest BCUT2D eigenvalue weighted by molar-refractivity contribution is -0.115. The normalized spacial score (nSPS) is 22.3. The van der Waals surface area contributed by atoms with Crippen LogP contribution in [0.2, 0.25) is 0 Å². The zero-order valence-electron chi connectivity index (χ0n) is 22.2. The van der Waals surface area contributed by atoms with Crippen molar-refractivity contribution in [2.45, 2.75) is 44.8 Å². The Hall–Kier alpha value is -3.94. The number of anilines is 2. The summed E-state index contributed by atoms with van der Waals surface area (Å²) in [6, 6.07) is 15.7. The number of amides is 2. The Morgan fingerprint density at radius 2 is 1.97 bits per heavy atom. The molecule has 1 aromatic heterocycles. The minimum Gasteiger partial charge on any atom is -0.492 e. The van der Waals surface area contributed by atoms with E-state index >= 15 is 0 Å². The van der Waals surface area contributed by atoms with Crippen molar-refractivity contribution in [3.8, 4) is 23.1 Å². The monoisotopic (exact) mass is 545 g/mol. The van der Waals surface area contributed by atoms with Crippen LogP contribution in [-0.4, -0.2) is 55.2 Å². The lowest BCUT2D eigenvalue weighted by atomic mass is 9.78. The third-order valence-electron chi connectivity index (χ3n) is 7.04. The number of hydrogen-bond donors (Lipinski definition) is 2. The molecule has 1 fully saturated rings. The standard InChI is InChI=1S/C29H31N5O4S/c1-18-14-34(15-19(2)38-18)21-7-4-6-20(12-21)24-16-39-28(32-24)33-25(35)13-31-27(36)22-8-5-9-23-26(22)37-11-10-29(23,3)17-30/h4-9,12,16,18-19H,10-11,13-15H2,1-3H3,(H,31,36)(H,32,33,35)/t18-,19+,29-/m0/s1. The third-order valence-corrected chi connectivity index (χ3v) is 7.79. The summed E-state index contributed by atoms with van der Waals surface area (Å²) in [5, 5.41) is 17.4. The minimum atomic E-state index is -0.720. The van der Waals surface area contributed by atoms with Crippen molar-refractivity contribution in [2.24, 2.45) is 0 Å². The van der Waals surface area contributed by atoms with E-state index < -0.39 is 11.3 Å². The average molecular weight is 546 g/mol. The summed E-state index contributed by atoms with van der Waals surface area (Å²) in [5.41, 5.74) is 3.11. The van der Waals surface area contributed by atoms with Crippen LogP contribution in [0.4, 0.5) is 10.8 Å². The number of rotatable bonds is 6. The Morgan fingerprint density at radius 3 is 2.74 bits per heavy atom. The molecule has 2 aromatic carbocycles. The lowest BCUT2D eigenvalue weighted by Gasteiger charge is -2.37. The highest BCUT2D eigenvalue weighted by Gasteiger charge is 2.35. The number of fused-ring (bicyclic) bond motifs is 1. The number of nitrogens with one attached hydrogen (secondary N) is 2. The van der Waals surface area contributed by atoms with Crippen LogP contribution >= 0.6 is 11.3 Å². The molecule has 0 radical (unpaired) electrons. The van der Waals surface area contributed by atoms with E-state index in [0.717, 1.165) is 30.0 Å². The van der Waals surface area contributed by atoms with Crippen LogP contribution in [0.1, 0.15) is 43.1 Å². The number of aromatic nitrogens is 1. The molecule has 2 aliphatic rings. The van der Waals surface area contributed by atoms with Crippen molar-refractivity contribution in [2.75, 3.05) is 36.5 Å². The van der Waals surface area contributed by atoms with Gasteiger partial charge in [0.05, 0.1) is 48.1 Å². The topological polar surface area (TPSA) is 117 Å². The molecule has 0 unspecified atom stereocenters. The van der Waals surface area contributed by atoms with Gasteiger partial charge >= 0.3 is 0 Å². The second-order valence-corrected chi connectivity index (χ2v) is 11.1. The number of benzene rings is 2. The van der Waals surface area contributed by atoms with Gasteiger partial charge in [0.15, 0.2) is 5.13 Å². The molecule has 10 heteroatoms. The molecule has 9 nitrogen and oxygen atoms in total. The van der Waals surface area contributed by atoms with Gasteiger partial charge in [-0.1, -0.05) is 24.3 Å². The van der Waals surface area contributed by atoms with E-state index in [1.54, 1.807) is 18.2 Å². The van der Waals surface area contributed by atoms with Gasteiger partial charge in [0.1, 0.15) is 5.75 Å². The van der Waals surface area contributed by atoms with Crippen molar-refractivity contribution in [3.63, 3.8) is 0 Å². The van der Waals surface area contributed by atoms with Gasteiger partial charge in [-0.3, -0.25) is 9.59 Å². The Kier molecular flexibility index (Phi) is 7.55. The van der Waals surface area contributed by atoms with Crippen molar-refractivity contribution in [3.05, 3.63) is 59.0 Å². The molecule has 202 valence electrons. The molecular weight excluding hydrogens is 514 g/mol. The number of hydrogen-bond acceptors (Lipinski definition) is 8. The molecular formula is C29H31N5O4S. The maximum absolute atomic E-state index is 12.9. The van der Waals surface area contributed by atoms with Crippen molar-refractivity contribution in [1.29, 1.82) is 5.26 Å². The number of nitrogens with zero attached hydrogens (tertiary/aromatic N) is 3. The van der Waals surface area contributed by atoms with Crippen LogP contribution in [0, 0.1) is 11.3 Å². The maximum Gasteiger partial charge on any atom is 0.255 e. The van der Waals surface area contributed by atoms with Crippen LogP contribution in [0.5, 0.6) is 5.75 Å². The Balaban J connectivity index is 1.21. The summed E-state index contributed by atoms with van der Waals surface area (Å²) in [7, 11) is 0. The van der Waals surface area contributed by atoms with E-state index in [1.165, 1.54) is 11.3 Å². The molecule has 3 heterocycles. The first-order valence-corrected chi connectivity index (χ1v) is 13.9. The van der Waals surface area contributed by atoms with Gasteiger partial charge in [-0.05, 0) is 39.0 Å². The Labute approximate surface area is 231 Å². The van der Waals surface area contributed by atoms with Crippen molar-refractivity contribution < 1.29 is 19.1 Å². The molecule has 0 bridgehead atoms. The lowest BCUT2D eigenvalue weighted by Crippen LogP contribution is -2.45. The van der Waals surface area contributed by atoms with E-state index in [9.17, 15) is 14.9 Å². The predicted molar refractivity (Wildman–Crippen MR) is 150 cm³/mol. The molecule has 3 aromatic rings. The van der Waals surface area contributed by atoms with E-state index in [1.807, 2.05) is 24.4 Å². The highest BCUT2D eigenvalue weighted by molar-refractivity contribution is 7.14. The second-order valence-electron chi connectivity index (χ2n) is 10.2. The maximum atomic E-state index is 12.9. The van der Waals surface area contributed by atoms with Gasteiger partial charge in [0.25, 0.3) is 5.91 Å². The fourth-order valence-electron chi connectivity index (χ4n) is 5.05. The average Bonchev–Trinajstić information content (AvgIpc) is 3.39. The van der Waals surface area contributed by atoms with Gasteiger partial charge in [-0.15, -0.1) is 11.3 Å². The van der Waals surface area contributed by atoms with Crippen LogP contribution < -0.4 is 20.3 Å². The van der Waals surface area contributed by atoms with E-state index in [-0.39, 0.29) is 24.7 Å². The summed E-state index contributed by atoms with van der Waals surface area (Å²) in [6.07, 6.45) is 0.878. The fourth-order valence-corrected chi connectivity index (χ4v) is 5.78. The summed E-state index contributed by atoms with van der Waals surface area (Å²) < 4.78 is 11.6. The van der Waals surface area contributed by atoms with Crippen LogP contribution in [0.3, 0.4) is 0 Å². The SMILES string of the molecule is C[C@@H]1CN(c2cccc(-c3csc(NC(=O)CNC(=O)c4cccc5c4OCC[C@@]5(C)C#N)n3)c2)C[C@H](C)O1. The van der Waals surface area contributed by atoms with Crippen LogP contribution in [-0.2, 0) is 14.9 Å². The number of thiazole rings is 1. The Bertz CT molecular complexity index is 1420. The highest BCUT2D eigenvalue weighted by Crippen LogP contribution is 2.40. The molecule has 2 amide bonds. The summed E-state index contributed by atoms with van der Waals surface area (Å²) in [5.74, 6) is -0.423. The molecule has 3 atom stereocenters. The smallest absolute Gasteiger partial charge is 0.255 e. The number of ether oxygens (including phenoxy) is 2. The van der Waals surface area contributed by atoms with Crippen LogP contribution in [0.15, 0.2) is 47.8 Å². The summed E-state index contributed by atoms with van der Waals surface area (Å²) in [4.78, 5) is 32.4. The quantitative estimate of drug-likeness (QED) is 0.473. The Morgan fingerprint density at radius 1 is 1.21 bits per heavy atom. The number of para-hydroxylation sites is 1. The fraction of sp³-hybridized carbons (Fsp3) is 0.379. The van der Waals surface area contributed by atoms with Crippen molar-refractivity contribution >= 4 is 34.0 Å². The zero-order valence-corrected chi connectivity index (χ0v) is 23.0. The van der Waals surface area contributed by atoms with Crippen LogP contribution in [0.25, 0.3) is 11.3 Å². The molecule has 5 rings (SSSR count). The molecule has 2 N–H and O–H groups in total. The molecule has 0 saturated carbocycles. The van der Waals surface area contributed by atoms with Gasteiger partial charge in [-0.25, -0.2) is 4.98 Å². The largest absolute Gasteiger partial charge is 0.492 e. The molecule has 1 saturated heterocycles. The summed E-state index contributed by atoms with van der Waals surface area (Å²) >= 11 is 1.33. The first-order valence-electron chi connectivity index (χ1n) is 13.0. The highest BCUT2D eigenvalue weighted by atomic mass is 32.1. The molecule has 39 heavy (non-hydrogen) atoms. The number of nitriles is 1. The number of carbonyl (C=O) groups excluding carboxylic acids is 2. The first kappa shape index (κ1) is 26.7. The number of morpholine rings is 1. The number of carbonyl (C=O) groups is 2. The van der Waals surface area contributed by atoms with Gasteiger partial charge < -0.3 is 25.0 Å². The van der Waals surface area contributed by atoms with E-state index in [2.05, 4.69) is 52.6 Å². The third kappa shape index (κ3) is 5.75. The predicted octanol–water partition coefficient (Wildman–Crippen LogP) is 4.36. The second kappa shape index (κ2) is 11.0. The van der Waals surface area contributed by atoms with E-state index in [4.69, 9.17) is 9.47 Å². The molecule has 0 aliphatic carbocycles.